The van der Waals surface area contributed by atoms with Gasteiger partial charge in [0, 0.05) is 17.0 Å². The second-order valence-electron chi connectivity index (χ2n) is 4.67. The summed E-state index contributed by atoms with van der Waals surface area (Å²) < 4.78 is 72.3. The normalized spacial score (nSPS) is 26.4. The molecule has 1 aliphatic carbocycles. The van der Waals surface area contributed by atoms with Crippen molar-refractivity contribution in [2.45, 2.75) is 24.8 Å². The van der Waals surface area contributed by atoms with Crippen LogP contribution >= 0.6 is 0 Å². The average molecular weight is 294 g/mol. The second kappa shape index (κ2) is 3.83. The first-order valence-corrected chi connectivity index (χ1v) is 5.67. The van der Waals surface area contributed by atoms with Crippen molar-refractivity contribution in [1.82, 2.24) is 0 Å². The number of benzene rings is 1. The quantitative estimate of drug-likeness (QED) is 0.618. The zero-order valence-electron chi connectivity index (χ0n) is 9.71. The molecule has 1 saturated carbocycles. The SMILES string of the molecule is O=Cc1ccc2c(c1C1CC1C(F)(F)F)OC(F)(F)O2. The molecule has 2 aliphatic rings. The summed E-state index contributed by atoms with van der Waals surface area (Å²) in [5, 5.41) is 0. The molecule has 1 aliphatic heterocycles. The van der Waals surface area contributed by atoms with E-state index >= 15 is 0 Å². The highest BCUT2D eigenvalue weighted by atomic mass is 19.4. The van der Waals surface area contributed by atoms with Gasteiger partial charge in [-0.2, -0.15) is 13.2 Å². The number of aldehydes is 1. The Balaban J connectivity index is 2.04. The minimum absolute atomic E-state index is 0.0956. The first-order valence-electron chi connectivity index (χ1n) is 5.67. The van der Waals surface area contributed by atoms with E-state index in [-0.39, 0.29) is 23.3 Å². The highest BCUT2D eigenvalue weighted by Crippen LogP contribution is 2.61. The third kappa shape index (κ3) is 1.99. The second-order valence-corrected chi connectivity index (χ2v) is 4.67. The van der Waals surface area contributed by atoms with Crippen molar-refractivity contribution in [1.29, 1.82) is 0 Å². The van der Waals surface area contributed by atoms with E-state index in [0.717, 1.165) is 12.1 Å². The van der Waals surface area contributed by atoms with Gasteiger partial charge in [0.05, 0.1) is 5.92 Å². The number of halogens is 5. The van der Waals surface area contributed by atoms with Crippen LogP contribution in [0.2, 0.25) is 0 Å². The van der Waals surface area contributed by atoms with Gasteiger partial charge in [0.2, 0.25) is 0 Å². The molecule has 8 heteroatoms. The molecule has 3 rings (SSSR count). The van der Waals surface area contributed by atoms with Gasteiger partial charge in [-0.05, 0) is 18.6 Å². The fourth-order valence-electron chi connectivity index (χ4n) is 2.41. The van der Waals surface area contributed by atoms with Crippen LogP contribution < -0.4 is 9.47 Å². The summed E-state index contributed by atoms with van der Waals surface area (Å²) in [5.41, 5.74) is -0.251. The lowest BCUT2D eigenvalue weighted by atomic mass is 10.0. The summed E-state index contributed by atoms with van der Waals surface area (Å²) in [6, 6.07) is 2.23. The third-order valence-electron chi connectivity index (χ3n) is 3.35. The summed E-state index contributed by atoms with van der Waals surface area (Å²) in [4.78, 5) is 10.9. The highest BCUT2D eigenvalue weighted by molar-refractivity contribution is 5.81. The van der Waals surface area contributed by atoms with Crippen LogP contribution in [0.1, 0.15) is 28.3 Å². The Morgan fingerprint density at radius 3 is 2.50 bits per heavy atom. The van der Waals surface area contributed by atoms with Crippen LogP contribution in [0.15, 0.2) is 12.1 Å². The molecule has 0 bridgehead atoms. The lowest BCUT2D eigenvalue weighted by molar-refractivity contribution is -0.286. The predicted molar refractivity (Wildman–Crippen MR) is 54.9 cm³/mol. The van der Waals surface area contributed by atoms with Gasteiger partial charge in [0.1, 0.15) is 6.29 Å². The van der Waals surface area contributed by atoms with Gasteiger partial charge in [-0.3, -0.25) is 4.79 Å². The molecule has 0 N–H and O–H groups in total. The topological polar surface area (TPSA) is 35.5 Å². The molecule has 1 aromatic carbocycles. The summed E-state index contributed by atoms with van der Waals surface area (Å²) in [6.45, 7) is 0. The van der Waals surface area contributed by atoms with Gasteiger partial charge >= 0.3 is 12.5 Å². The highest BCUT2D eigenvalue weighted by Gasteiger charge is 2.59. The molecule has 0 aromatic heterocycles. The molecule has 1 heterocycles. The number of hydrogen-bond donors (Lipinski definition) is 0. The lowest BCUT2D eigenvalue weighted by Gasteiger charge is -2.10. The van der Waals surface area contributed by atoms with Crippen molar-refractivity contribution in [3.63, 3.8) is 0 Å². The maximum absolute atomic E-state index is 13.0. The molecule has 20 heavy (non-hydrogen) atoms. The number of ether oxygens (including phenoxy) is 2. The average Bonchev–Trinajstić information content (AvgIpc) is 3.04. The maximum atomic E-state index is 13.0. The van der Waals surface area contributed by atoms with E-state index in [0.29, 0.717) is 6.29 Å². The van der Waals surface area contributed by atoms with Crippen LogP contribution in [0.5, 0.6) is 11.5 Å². The first kappa shape index (κ1) is 13.1. The van der Waals surface area contributed by atoms with E-state index in [1.807, 2.05) is 0 Å². The van der Waals surface area contributed by atoms with Crippen LogP contribution in [0.4, 0.5) is 22.0 Å². The van der Waals surface area contributed by atoms with Gasteiger partial charge in [0.15, 0.2) is 11.5 Å². The van der Waals surface area contributed by atoms with Gasteiger partial charge in [0.25, 0.3) is 0 Å². The van der Waals surface area contributed by atoms with E-state index in [2.05, 4.69) is 9.47 Å². The Hall–Kier alpha value is -1.86. The Labute approximate surface area is 109 Å². The molecule has 3 nitrogen and oxygen atoms in total. The first-order chi connectivity index (χ1) is 9.23. The monoisotopic (exact) mass is 294 g/mol. The molecule has 2 atom stereocenters. The molecular formula is C12H7F5O3. The number of fused-ring (bicyclic) bond motifs is 1. The zero-order chi connectivity index (χ0) is 14.7. The fraction of sp³-hybridized carbons (Fsp3) is 0.417. The van der Waals surface area contributed by atoms with E-state index < -0.39 is 30.1 Å². The van der Waals surface area contributed by atoms with Crippen LogP contribution in [-0.2, 0) is 0 Å². The zero-order valence-corrected chi connectivity index (χ0v) is 9.71. The largest absolute Gasteiger partial charge is 0.586 e. The summed E-state index contributed by atoms with van der Waals surface area (Å²) in [6.07, 6.45) is -8.30. The van der Waals surface area contributed by atoms with Crippen LogP contribution in [-0.4, -0.2) is 18.8 Å². The van der Waals surface area contributed by atoms with Crippen molar-refractivity contribution in [3.05, 3.63) is 23.3 Å². The number of rotatable bonds is 2. The number of alkyl halides is 5. The molecule has 0 radical (unpaired) electrons. The van der Waals surface area contributed by atoms with Crippen LogP contribution in [0.25, 0.3) is 0 Å². The molecule has 0 saturated heterocycles. The minimum atomic E-state index is -4.43. The van der Waals surface area contributed by atoms with Crippen molar-refractivity contribution in [3.8, 4) is 11.5 Å². The van der Waals surface area contributed by atoms with Crippen molar-refractivity contribution >= 4 is 6.29 Å². The molecular weight excluding hydrogens is 287 g/mol. The van der Waals surface area contributed by atoms with E-state index in [1.54, 1.807) is 0 Å². The van der Waals surface area contributed by atoms with Crippen LogP contribution in [0.3, 0.4) is 0 Å². The molecule has 1 fully saturated rings. The Bertz CT molecular complexity index is 581. The molecule has 108 valence electrons. The Kier molecular flexibility index (Phi) is 2.52. The minimum Gasteiger partial charge on any atom is -0.395 e. The predicted octanol–water partition coefficient (Wildman–Crippen LogP) is 3.49. The van der Waals surface area contributed by atoms with Gasteiger partial charge < -0.3 is 9.47 Å². The molecule has 0 spiro atoms. The van der Waals surface area contributed by atoms with Gasteiger partial charge in [-0.15, -0.1) is 8.78 Å². The Morgan fingerprint density at radius 2 is 1.95 bits per heavy atom. The Morgan fingerprint density at radius 1 is 1.25 bits per heavy atom. The van der Waals surface area contributed by atoms with E-state index in [1.165, 1.54) is 0 Å². The standard InChI is InChI=1S/C12H7F5O3/c13-11(14,15)7-3-6(7)9-5(4-18)1-2-8-10(9)20-12(16,17)19-8/h1-2,4,6-7H,3H2. The number of carbonyl (C=O) groups is 1. The molecule has 0 amide bonds. The maximum Gasteiger partial charge on any atom is 0.586 e. The molecule has 2 unspecified atom stereocenters. The lowest BCUT2D eigenvalue weighted by Crippen LogP contribution is -2.26. The summed E-state index contributed by atoms with van der Waals surface area (Å²) in [5.74, 6) is -3.53. The van der Waals surface area contributed by atoms with Crippen molar-refractivity contribution in [2.75, 3.05) is 0 Å². The van der Waals surface area contributed by atoms with Crippen molar-refractivity contribution in [2.24, 2.45) is 5.92 Å². The fourth-order valence-corrected chi connectivity index (χ4v) is 2.41. The smallest absolute Gasteiger partial charge is 0.395 e. The van der Waals surface area contributed by atoms with E-state index in [9.17, 15) is 26.7 Å². The molecule has 1 aromatic rings. The van der Waals surface area contributed by atoms with Crippen LogP contribution in [0, 0.1) is 5.92 Å². The van der Waals surface area contributed by atoms with Gasteiger partial charge in [-0.1, -0.05) is 0 Å². The number of hydrogen-bond acceptors (Lipinski definition) is 3. The van der Waals surface area contributed by atoms with Gasteiger partial charge in [-0.25, -0.2) is 0 Å². The van der Waals surface area contributed by atoms with E-state index in [4.69, 9.17) is 0 Å². The third-order valence-corrected chi connectivity index (χ3v) is 3.35. The summed E-state index contributed by atoms with van der Waals surface area (Å²) >= 11 is 0. The summed E-state index contributed by atoms with van der Waals surface area (Å²) in [7, 11) is 0. The number of carbonyl (C=O) groups excluding carboxylic acids is 1. The van der Waals surface area contributed by atoms with Crippen molar-refractivity contribution < 1.29 is 36.2 Å².